The first-order valence-electron chi connectivity index (χ1n) is 5.97. The molecule has 0 aromatic heterocycles. The van der Waals surface area contributed by atoms with Crippen LogP contribution in [0.3, 0.4) is 0 Å². The van der Waals surface area contributed by atoms with Gasteiger partial charge < -0.3 is 15.3 Å². The largest absolute Gasteiger partial charge is 0.390 e. The van der Waals surface area contributed by atoms with Crippen LogP contribution in [0.25, 0.3) is 0 Å². The van der Waals surface area contributed by atoms with Gasteiger partial charge in [-0.05, 0) is 40.0 Å². The van der Waals surface area contributed by atoms with Crippen LogP contribution in [0, 0.1) is 0 Å². The number of nitrogens with zero attached hydrogens (tertiary/aromatic N) is 2. The number of β-amino-alcohol motifs (C(OH)–C–C–N with tert-alkyl or cyclic N) is 1. The molecule has 2 heterocycles. The molecule has 2 fully saturated rings. The highest BCUT2D eigenvalue weighted by Gasteiger charge is 2.33. The zero-order valence-corrected chi connectivity index (χ0v) is 9.82. The highest BCUT2D eigenvalue weighted by atomic mass is 16.3. The molecule has 0 aromatic rings. The van der Waals surface area contributed by atoms with Gasteiger partial charge in [0.1, 0.15) is 0 Å². The van der Waals surface area contributed by atoms with Gasteiger partial charge in [0.15, 0.2) is 0 Å². The van der Waals surface area contributed by atoms with Crippen molar-refractivity contribution in [3.8, 4) is 0 Å². The van der Waals surface area contributed by atoms with E-state index >= 15 is 0 Å². The van der Waals surface area contributed by atoms with Crippen molar-refractivity contribution >= 4 is 0 Å². The summed E-state index contributed by atoms with van der Waals surface area (Å²) >= 11 is 0. The highest BCUT2D eigenvalue weighted by Crippen LogP contribution is 2.19. The molecular weight excluding hydrogens is 190 g/mol. The Hall–Kier alpha value is -0.160. The minimum absolute atomic E-state index is 0.186. The van der Waals surface area contributed by atoms with Crippen molar-refractivity contribution in [3.05, 3.63) is 0 Å². The number of likely N-dealkylation sites (tertiary alicyclic amines) is 1. The number of piperidine rings is 1. The normalized spacial score (nSPS) is 35.2. The molecule has 0 radical (unpaired) electrons. The van der Waals surface area contributed by atoms with E-state index in [2.05, 4.69) is 29.2 Å². The minimum atomic E-state index is -0.186. The third-order valence-corrected chi connectivity index (χ3v) is 3.94. The van der Waals surface area contributed by atoms with Gasteiger partial charge in [0.2, 0.25) is 0 Å². The predicted molar refractivity (Wildman–Crippen MR) is 60.9 cm³/mol. The van der Waals surface area contributed by atoms with Crippen LogP contribution < -0.4 is 5.32 Å². The van der Waals surface area contributed by atoms with E-state index in [0.717, 1.165) is 13.1 Å². The van der Waals surface area contributed by atoms with Crippen LogP contribution in [0.4, 0.5) is 0 Å². The third-order valence-electron chi connectivity index (χ3n) is 3.94. The Morgan fingerprint density at radius 2 is 1.93 bits per heavy atom. The molecule has 15 heavy (non-hydrogen) atoms. The van der Waals surface area contributed by atoms with E-state index < -0.39 is 0 Å². The fourth-order valence-corrected chi connectivity index (χ4v) is 2.74. The van der Waals surface area contributed by atoms with Crippen molar-refractivity contribution in [2.75, 3.05) is 40.3 Å². The van der Waals surface area contributed by atoms with Crippen molar-refractivity contribution in [3.63, 3.8) is 0 Å². The number of aliphatic hydroxyl groups is 1. The van der Waals surface area contributed by atoms with Gasteiger partial charge in [0.25, 0.3) is 0 Å². The molecule has 2 saturated heterocycles. The SMILES string of the molecule is CN1CCC(N(C)C2CNCC2O)CC1. The van der Waals surface area contributed by atoms with E-state index in [1.807, 2.05) is 0 Å². The fourth-order valence-electron chi connectivity index (χ4n) is 2.74. The Labute approximate surface area is 92.2 Å². The third kappa shape index (κ3) is 2.50. The molecule has 2 unspecified atom stereocenters. The minimum Gasteiger partial charge on any atom is -0.390 e. The second-order valence-electron chi connectivity index (χ2n) is 4.99. The van der Waals surface area contributed by atoms with E-state index in [4.69, 9.17) is 0 Å². The number of rotatable bonds is 2. The summed E-state index contributed by atoms with van der Waals surface area (Å²) in [6.07, 6.45) is 2.28. The molecule has 4 heteroatoms. The number of aliphatic hydroxyl groups excluding tert-OH is 1. The van der Waals surface area contributed by atoms with E-state index in [1.165, 1.54) is 25.9 Å². The first-order chi connectivity index (χ1) is 7.18. The summed E-state index contributed by atoms with van der Waals surface area (Å²) in [4.78, 5) is 4.77. The molecule has 2 aliphatic rings. The summed E-state index contributed by atoms with van der Waals surface area (Å²) < 4.78 is 0. The van der Waals surface area contributed by atoms with Crippen molar-refractivity contribution < 1.29 is 5.11 Å². The van der Waals surface area contributed by atoms with Gasteiger partial charge >= 0.3 is 0 Å². The first-order valence-corrected chi connectivity index (χ1v) is 5.97. The molecular formula is C11H23N3O. The molecule has 88 valence electrons. The molecule has 0 amide bonds. The van der Waals surface area contributed by atoms with Crippen LogP contribution in [0.2, 0.25) is 0 Å². The van der Waals surface area contributed by atoms with Crippen molar-refractivity contribution in [1.29, 1.82) is 0 Å². The number of hydrogen-bond acceptors (Lipinski definition) is 4. The van der Waals surface area contributed by atoms with Crippen molar-refractivity contribution in [1.82, 2.24) is 15.1 Å². The Morgan fingerprint density at radius 3 is 2.47 bits per heavy atom. The molecule has 2 N–H and O–H groups in total. The Morgan fingerprint density at radius 1 is 1.27 bits per heavy atom. The van der Waals surface area contributed by atoms with Gasteiger partial charge in [-0.15, -0.1) is 0 Å². The molecule has 2 aliphatic heterocycles. The Balaban J connectivity index is 1.87. The van der Waals surface area contributed by atoms with Crippen LogP contribution >= 0.6 is 0 Å². The van der Waals surface area contributed by atoms with E-state index in [9.17, 15) is 5.11 Å². The smallest absolute Gasteiger partial charge is 0.0831 e. The van der Waals surface area contributed by atoms with Gasteiger partial charge in [-0.25, -0.2) is 0 Å². The van der Waals surface area contributed by atoms with Crippen molar-refractivity contribution in [2.24, 2.45) is 0 Å². The van der Waals surface area contributed by atoms with Gasteiger partial charge in [0, 0.05) is 25.2 Å². The Kier molecular flexibility index (Phi) is 3.61. The zero-order valence-electron chi connectivity index (χ0n) is 9.82. The molecule has 0 aromatic carbocycles. The lowest BCUT2D eigenvalue weighted by molar-refractivity contribution is 0.0502. The quantitative estimate of drug-likeness (QED) is 0.639. The lowest BCUT2D eigenvalue weighted by atomic mass is 10.0. The number of hydrogen-bond donors (Lipinski definition) is 2. The van der Waals surface area contributed by atoms with Gasteiger partial charge in [-0.3, -0.25) is 4.90 Å². The molecule has 0 bridgehead atoms. The molecule has 0 aliphatic carbocycles. The summed E-state index contributed by atoms with van der Waals surface area (Å²) in [7, 11) is 4.35. The molecule has 0 saturated carbocycles. The van der Waals surface area contributed by atoms with E-state index in [0.29, 0.717) is 12.1 Å². The lowest BCUT2D eigenvalue weighted by Crippen LogP contribution is -2.50. The van der Waals surface area contributed by atoms with E-state index in [-0.39, 0.29) is 6.10 Å². The standard InChI is InChI=1S/C11H23N3O/c1-13-5-3-9(4-6-13)14(2)10-7-12-8-11(10)15/h9-12,15H,3-8H2,1-2H3. The van der Waals surface area contributed by atoms with Crippen molar-refractivity contribution in [2.45, 2.75) is 31.0 Å². The molecule has 0 spiro atoms. The number of likely N-dealkylation sites (N-methyl/N-ethyl adjacent to an activating group) is 1. The summed E-state index contributed by atoms with van der Waals surface area (Å²) in [6, 6.07) is 0.971. The van der Waals surface area contributed by atoms with Gasteiger partial charge in [-0.2, -0.15) is 0 Å². The summed E-state index contributed by atoms with van der Waals surface area (Å²) in [5.74, 6) is 0. The van der Waals surface area contributed by atoms with E-state index in [1.54, 1.807) is 0 Å². The predicted octanol–water partition coefficient (Wildman–Crippen LogP) is -0.655. The average Bonchev–Trinajstić information content (AvgIpc) is 2.65. The summed E-state index contributed by atoms with van der Waals surface area (Å²) in [5.41, 5.74) is 0. The second-order valence-corrected chi connectivity index (χ2v) is 4.99. The van der Waals surface area contributed by atoms with Gasteiger partial charge in [-0.1, -0.05) is 0 Å². The molecule has 4 nitrogen and oxygen atoms in total. The fraction of sp³-hybridized carbons (Fsp3) is 1.00. The first kappa shape index (κ1) is 11.3. The topological polar surface area (TPSA) is 38.7 Å². The van der Waals surface area contributed by atoms with Gasteiger partial charge in [0.05, 0.1) is 6.10 Å². The highest BCUT2D eigenvalue weighted by molar-refractivity contribution is 4.91. The number of nitrogens with one attached hydrogen (secondary N) is 1. The lowest BCUT2D eigenvalue weighted by Gasteiger charge is -2.38. The summed E-state index contributed by atoms with van der Waals surface area (Å²) in [6.45, 7) is 4.06. The molecule has 2 atom stereocenters. The zero-order chi connectivity index (χ0) is 10.8. The van der Waals surface area contributed by atoms with Crippen LogP contribution in [0.1, 0.15) is 12.8 Å². The van der Waals surface area contributed by atoms with Crippen LogP contribution in [0.5, 0.6) is 0 Å². The van der Waals surface area contributed by atoms with Crippen LogP contribution in [-0.2, 0) is 0 Å². The van der Waals surface area contributed by atoms with Crippen LogP contribution in [0.15, 0.2) is 0 Å². The molecule has 2 rings (SSSR count). The maximum atomic E-state index is 9.83. The maximum Gasteiger partial charge on any atom is 0.0831 e. The summed E-state index contributed by atoms with van der Waals surface area (Å²) in [5, 5.41) is 13.1. The Bertz CT molecular complexity index is 204. The maximum absolute atomic E-state index is 9.83. The average molecular weight is 213 g/mol. The second kappa shape index (κ2) is 4.78. The van der Waals surface area contributed by atoms with Crippen LogP contribution in [-0.4, -0.2) is 73.4 Å². The monoisotopic (exact) mass is 213 g/mol.